The topological polar surface area (TPSA) is 127 Å². The minimum atomic E-state index is -2.75. The summed E-state index contributed by atoms with van der Waals surface area (Å²) in [6.07, 6.45) is 1.69. The number of ether oxygens (including phenoxy) is 1. The minimum absolute atomic E-state index is 0.134. The highest BCUT2D eigenvalue weighted by molar-refractivity contribution is 6.02. The minimum Gasteiger partial charge on any atom is -0.496 e. The Kier molecular flexibility index (Phi) is 7.23. The van der Waals surface area contributed by atoms with Gasteiger partial charge in [-0.1, -0.05) is 6.07 Å². The van der Waals surface area contributed by atoms with Gasteiger partial charge in [0, 0.05) is 42.8 Å². The van der Waals surface area contributed by atoms with Gasteiger partial charge in [0.05, 0.1) is 13.2 Å². The van der Waals surface area contributed by atoms with Crippen molar-refractivity contribution in [1.29, 1.82) is 5.26 Å². The van der Waals surface area contributed by atoms with Gasteiger partial charge >= 0.3 is 0 Å². The Bertz CT molecular complexity index is 1310. The second kappa shape index (κ2) is 10.5. The van der Waals surface area contributed by atoms with Gasteiger partial charge in [-0.25, -0.2) is 8.78 Å². The summed E-state index contributed by atoms with van der Waals surface area (Å²) in [5.41, 5.74) is 0.357. The zero-order valence-electron chi connectivity index (χ0n) is 21.9. The van der Waals surface area contributed by atoms with Crippen LogP contribution in [-0.4, -0.2) is 65.8 Å². The van der Waals surface area contributed by atoms with E-state index in [-0.39, 0.29) is 62.6 Å². The number of halogens is 2. The maximum Gasteiger partial charge on any atom is 0.271 e. The number of nitrogens with one attached hydrogen (secondary N) is 3. The van der Waals surface area contributed by atoms with Crippen LogP contribution in [0.2, 0.25) is 0 Å². The quantitative estimate of drug-likeness (QED) is 0.516. The number of benzene rings is 1. The van der Waals surface area contributed by atoms with Crippen molar-refractivity contribution in [1.82, 2.24) is 20.5 Å². The molecule has 3 heterocycles. The molecule has 1 saturated carbocycles. The van der Waals surface area contributed by atoms with E-state index in [9.17, 15) is 28.4 Å². The van der Waals surface area contributed by atoms with Crippen LogP contribution in [-0.2, 0) is 9.59 Å². The molecule has 0 radical (unpaired) electrons. The lowest BCUT2D eigenvalue weighted by molar-refractivity contribution is -0.128. The number of H-pyrrole nitrogens is 1. The summed E-state index contributed by atoms with van der Waals surface area (Å²) in [5, 5.41) is 16.0. The average molecular weight is 542 g/mol. The Hall–Kier alpha value is -3.68. The summed E-state index contributed by atoms with van der Waals surface area (Å²) >= 11 is 0. The van der Waals surface area contributed by atoms with Crippen LogP contribution in [0.4, 0.5) is 8.78 Å². The fourth-order valence-electron chi connectivity index (χ4n) is 6.34. The number of hydrogen-bond acceptors (Lipinski definition) is 5. The first kappa shape index (κ1) is 26.9. The summed E-state index contributed by atoms with van der Waals surface area (Å²) in [5.74, 6) is -3.59. The summed E-state index contributed by atoms with van der Waals surface area (Å²) in [6, 6.07) is 7.31. The summed E-state index contributed by atoms with van der Waals surface area (Å²) in [6.45, 7) is 0.771. The van der Waals surface area contributed by atoms with E-state index in [1.165, 1.54) is 12.0 Å². The van der Waals surface area contributed by atoms with E-state index >= 15 is 0 Å². The molecule has 11 heteroatoms. The molecule has 3 atom stereocenters. The number of amides is 3. The molecule has 2 aliphatic heterocycles. The molecule has 3 fully saturated rings. The number of aromatic nitrogens is 1. The fraction of sp³-hybridized carbons (Fsp3) is 0.571. The van der Waals surface area contributed by atoms with Gasteiger partial charge in [0.1, 0.15) is 23.5 Å². The molecule has 208 valence electrons. The number of rotatable bonds is 6. The van der Waals surface area contributed by atoms with Crippen molar-refractivity contribution in [2.45, 2.75) is 69.4 Å². The molecule has 1 aromatic carbocycles. The highest BCUT2D eigenvalue weighted by atomic mass is 19.3. The fourth-order valence-corrected chi connectivity index (χ4v) is 6.34. The highest BCUT2D eigenvalue weighted by Gasteiger charge is 2.53. The number of nitrogens with zero attached hydrogens (tertiary/aromatic N) is 2. The van der Waals surface area contributed by atoms with Crippen LogP contribution in [0.25, 0.3) is 10.9 Å². The molecule has 1 spiro atoms. The van der Waals surface area contributed by atoms with Crippen LogP contribution in [0.5, 0.6) is 5.75 Å². The molecule has 39 heavy (non-hydrogen) atoms. The van der Waals surface area contributed by atoms with E-state index in [1.807, 2.05) is 6.07 Å². The Morgan fingerprint density at radius 1 is 1.28 bits per heavy atom. The normalized spacial score (nSPS) is 24.7. The van der Waals surface area contributed by atoms with E-state index in [4.69, 9.17) is 4.74 Å². The summed E-state index contributed by atoms with van der Waals surface area (Å²) in [7, 11) is 1.54. The van der Waals surface area contributed by atoms with Crippen LogP contribution in [0.1, 0.15) is 61.9 Å². The molecule has 0 unspecified atom stereocenters. The van der Waals surface area contributed by atoms with Crippen LogP contribution in [0, 0.1) is 22.7 Å². The third-order valence-corrected chi connectivity index (χ3v) is 8.58. The first-order chi connectivity index (χ1) is 18.6. The number of piperidine rings is 1. The van der Waals surface area contributed by atoms with Gasteiger partial charge in [-0.3, -0.25) is 14.4 Å². The predicted octanol–water partition coefficient (Wildman–Crippen LogP) is 3.51. The first-order valence-electron chi connectivity index (χ1n) is 13.5. The smallest absolute Gasteiger partial charge is 0.271 e. The number of carbonyl (C=O) groups is 3. The lowest BCUT2D eigenvalue weighted by Gasteiger charge is -2.36. The standard InChI is InChI=1S/C28H33F2N5O4/c1-39-23-6-2-5-20-19(23)13-21(34-20)26(38)35-16-27(7-9-28(29,30)10-8-27)14-22(35)25(37)33-18(15-31)12-17-4-3-11-32-24(17)36/h2,5-6,13,17-18,22,34H,3-4,7-12,14,16H2,1H3,(H,32,36)(H,33,37)/t17-,18-,22-/m0/s1. The highest BCUT2D eigenvalue weighted by Crippen LogP contribution is 2.50. The van der Waals surface area contributed by atoms with Gasteiger partial charge in [-0.2, -0.15) is 5.26 Å². The number of aromatic amines is 1. The van der Waals surface area contributed by atoms with Crippen LogP contribution in [0.15, 0.2) is 24.3 Å². The van der Waals surface area contributed by atoms with Crippen molar-refractivity contribution in [2.24, 2.45) is 11.3 Å². The zero-order chi connectivity index (χ0) is 27.8. The van der Waals surface area contributed by atoms with Gasteiger partial charge in [0.15, 0.2) is 0 Å². The predicted molar refractivity (Wildman–Crippen MR) is 138 cm³/mol. The van der Waals surface area contributed by atoms with Gasteiger partial charge in [-0.05, 0) is 62.1 Å². The molecule has 3 N–H and O–H groups in total. The average Bonchev–Trinajstić information content (AvgIpc) is 3.53. The molecule has 2 aromatic rings. The molecular weight excluding hydrogens is 508 g/mol. The van der Waals surface area contributed by atoms with Gasteiger partial charge in [-0.15, -0.1) is 0 Å². The van der Waals surface area contributed by atoms with Crippen LogP contribution in [0.3, 0.4) is 0 Å². The van der Waals surface area contributed by atoms with E-state index < -0.39 is 35.2 Å². The molecular formula is C28H33F2N5O4. The van der Waals surface area contributed by atoms with Gasteiger partial charge in [0.2, 0.25) is 17.7 Å². The Labute approximate surface area is 225 Å². The summed E-state index contributed by atoms with van der Waals surface area (Å²) in [4.78, 5) is 44.1. The SMILES string of the molecule is COc1cccc2[nH]c(C(=O)N3CC4(CCC(F)(F)CC4)C[C@H]3C(=O)N[C@H](C#N)C[C@@H]3CCCNC3=O)cc12. The van der Waals surface area contributed by atoms with Crippen LogP contribution < -0.4 is 15.4 Å². The van der Waals surface area contributed by atoms with E-state index in [1.54, 1.807) is 18.2 Å². The number of fused-ring (bicyclic) bond motifs is 1. The van der Waals surface area contributed by atoms with Crippen molar-refractivity contribution < 1.29 is 27.9 Å². The molecule has 9 nitrogen and oxygen atoms in total. The maximum absolute atomic E-state index is 14.0. The zero-order valence-corrected chi connectivity index (χ0v) is 21.9. The van der Waals surface area contributed by atoms with E-state index in [2.05, 4.69) is 21.7 Å². The number of methoxy groups -OCH3 is 1. The third-order valence-electron chi connectivity index (χ3n) is 8.58. The van der Waals surface area contributed by atoms with Crippen molar-refractivity contribution in [3.05, 3.63) is 30.0 Å². The van der Waals surface area contributed by atoms with Crippen molar-refractivity contribution >= 4 is 28.6 Å². The lowest BCUT2D eigenvalue weighted by Crippen LogP contribution is -2.49. The Morgan fingerprint density at radius 3 is 2.74 bits per heavy atom. The number of carbonyl (C=O) groups excluding carboxylic acids is 3. The number of hydrogen-bond donors (Lipinski definition) is 3. The Morgan fingerprint density at radius 2 is 2.05 bits per heavy atom. The summed E-state index contributed by atoms with van der Waals surface area (Å²) < 4.78 is 33.5. The third kappa shape index (κ3) is 5.42. The van der Waals surface area contributed by atoms with Gasteiger partial charge in [0.25, 0.3) is 5.91 Å². The molecule has 0 bridgehead atoms. The lowest BCUT2D eigenvalue weighted by atomic mass is 9.71. The number of likely N-dealkylation sites (tertiary alicyclic amines) is 1. The second-order valence-corrected chi connectivity index (χ2v) is 11.2. The maximum atomic E-state index is 14.0. The van der Waals surface area contributed by atoms with Crippen molar-refractivity contribution in [2.75, 3.05) is 20.2 Å². The first-order valence-corrected chi connectivity index (χ1v) is 13.5. The molecule has 3 aliphatic rings. The van der Waals surface area contributed by atoms with Crippen molar-refractivity contribution in [3.63, 3.8) is 0 Å². The largest absolute Gasteiger partial charge is 0.496 e. The van der Waals surface area contributed by atoms with Crippen molar-refractivity contribution in [3.8, 4) is 11.8 Å². The molecule has 2 saturated heterocycles. The number of nitriles is 1. The number of alkyl halides is 2. The molecule has 5 rings (SSSR count). The molecule has 1 aromatic heterocycles. The van der Waals surface area contributed by atoms with Gasteiger partial charge < -0.3 is 25.3 Å². The second-order valence-electron chi connectivity index (χ2n) is 11.2. The Balaban J connectivity index is 1.39. The molecule has 1 aliphatic carbocycles. The monoisotopic (exact) mass is 541 g/mol. The van der Waals surface area contributed by atoms with E-state index in [0.717, 1.165) is 6.42 Å². The van der Waals surface area contributed by atoms with E-state index in [0.29, 0.717) is 29.6 Å². The molecule has 3 amide bonds. The van der Waals surface area contributed by atoms with Crippen LogP contribution >= 0.6 is 0 Å².